The van der Waals surface area contributed by atoms with Crippen LogP contribution in [0.4, 0.5) is 13.2 Å². The fraction of sp³-hybridized carbons (Fsp3) is 0.778. The molecule has 1 aliphatic rings. The van der Waals surface area contributed by atoms with Gasteiger partial charge in [-0.2, -0.15) is 13.2 Å². The van der Waals surface area contributed by atoms with Gasteiger partial charge < -0.3 is 10.0 Å². The van der Waals surface area contributed by atoms with Gasteiger partial charge in [-0.05, 0) is 6.42 Å². The van der Waals surface area contributed by atoms with Gasteiger partial charge in [0.15, 0.2) is 0 Å². The van der Waals surface area contributed by atoms with Crippen LogP contribution in [0, 0.1) is 11.8 Å². The molecule has 1 rings (SSSR count). The lowest BCUT2D eigenvalue weighted by molar-refractivity contribution is -0.194. The summed E-state index contributed by atoms with van der Waals surface area (Å²) in [6.07, 6.45) is -4.91. The Labute approximate surface area is 90.0 Å². The number of hydrogen-bond donors (Lipinski definition) is 1. The molecule has 1 N–H and O–H groups in total. The SMILES string of the molecule is CC(=O)N1CC(C(=O)O)CC(C(F)(F)F)C1. The minimum atomic E-state index is -4.46. The number of piperidine rings is 1. The fourth-order valence-corrected chi connectivity index (χ4v) is 1.77. The molecule has 0 bridgehead atoms. The Bertz CT molecular complexity index is 281. The van der Waals surface area contributed by atoms with Crippen molar-refractivity contribution in [3.05, 3.63) is 0 Å². The maximum Gasteiger partial charge on any atom is 0.393 e. The van der Waals surface area contributed by atoms with Crippen LogP contribution in [0.1, 0.15) is 13.3 Å². The third kappa shape index (κ3) is 2.86. The zero-order chi connectivity index (χ0) is 12.5. The molecule has 1 aliphatic heterocycles. The van der Waals surface area contributed by atoms with E-state index < -0.39 is 42.9 Å². The lowest BCUT2D eigenvalue weighted by Crippen LogP contribution is -2.49. The van der Waals surface area contributed by atoms with Gasteiger partial charge in [0.2, 0.25) is 5.91 Å². The Kier molecular flexibility index (Phi) is 3.44. The van der Waals surface area contributed by atoms with Crippen LogP contribution in [0.2, 0.25) is 0 Å². The number of carboxylic acids is 1. The van der Waals surface area contributed by atoms with Crippen molar-refractivity contribution in [3.63, 3.8) is 0 Å². The van der Waals surface area contributed by atoms with Crippen LogP contribution in [0.25, 0.3) is 0 Å². The number of carbonyl (C=O) groups excluding carboxylic acids is 1. The summed E-state index contributed by atoms with van der Waals surface area (Å²) in [6, 6.07) is 0. The van der Waals surface area contributed by atoms with Gasteiger partial charge in [0, 0.05) is 20.0 Å². The van der Waals surface area contributed by atoms with Gasteiger partial charge in [0.05, 0.1) is 11.8 Å². The van der Waals surface area contributed by atoms with E-state index in [0.717, 1.165) is 11.8 Å². The molecule has 0 aromatic heterocycles. The highest BCUT2D eigenvalue weighted by atomic mass is 19.4. The minimum Gasteiger partial charge on any atom is -0.481 e. The highest BCUT2D eigenvalue weighted by molar-refractivity contribution is 5.76. The molecule has 0 radical (unpaired) electrons. The topological polar surface area (TPSA) is 57.6 Å². The number of amides is 1. The molecule has 4 nitrogen and oxygen atoms in total. The van der Waals surface area contributed by atoms with Gasteiger partial charge in [0.1, 0.15) is 0 Å². The average Bonchev–Trinajstić information content (AvgIpc) is 2.15. The molecule has 0 spiro atoms. The Morgan fingerprint density at radius 2 is 1.88 bits per heavy atom. The average molecular weight is 239 g/mol. The number of halogens is 3. The summed E-state index contributed by atoms with van der Waals surface area (Å²) in [7, 11) is 0. The van der Waals surface area contributed by atoms with Crippen molar-refractivity contribution in [1.29, 1.82) is 0 Å². The molecule has 0 aliphatic carbocycles. The molecule has 92 valence electrons. The van der Waals surface area contributed by atoms with Crippen LogP contribution in [0.3, 0.4) is 0 Å². The standard InChI is InChI=1S/C9H12F3NO3/c1-5(14)13-3-6(8(15)16)2-7(4-13)9(10,11)12/h6-7H,2-4H2,1H3,(H,15,16). The number of alkyl halides is 3. The van der Waals surface area contributed by atoms with E-state index in [1.807, 2.05) is 0 Å². The molecule has 1 fully saturated rings. The van der Waals surface area contributed by atoms with Gasteiger partial charge in [-0.3, -0.25) is 9.59 Å². The molecule has 0 aromatic carbocycles. The highest BCUT2D eigenvalue weighted by Gasteiger charge is 2.46. The van der Waals surface area contributed by atoms with Crippen molar-refractivity contribution in [3.8, 4) is 0 Å². The van der Waals surface area contributed by atoms with Gasteiger partial charge in [-0.1, -0.05) is 0 Å². The summed E-state index contributed by atoms with van der Waals surface area (Å²) >= 11 is 0. The maximum absolute atomic E-state index is 12.5. The van der Waals surface area contributed by atoms with Gasteiger partial charge >= 0.3 is 12.1 Å². The molecule has 2 unspecified atom stereocenters. The summed E-state index contributed by atoms with van der Waals surface area (Å²) in [5, 5.41) is 8.72. The Morgan fingerprint density at radius 1 is 1.31 bits per heavy atom. The molecule has 2 atom stereocenters. The number of likely N-dealkylation sites (tertiary alicyclic amines) is 1. The van der Waals surface area contributed by atoms with E-state index in [1.54, 1.807) is 0 Å². The first-order valence-electron chi connectivity index (χ1n) is 4.77. The first kappa shape index (κ1) is 12.8. The lowest BCUT2D eigenvalue weighted by Gasteiger charge is -2.36. The van der Waals surface area contributed by atoms with Crippen LogP contribution < -0.4 is 0 Å². The van der Waals surface area contributed by atoms with E-state index in [0.29, 0.717) is 0 Å². The zero-order valence-corrected chi connectivity index (χ0v) is 8.62. The van der Waals surface area contributed by atoms with Crippen LogP contribution >= 0.6 is 0 Å². The summed E-state index contributed by atoms with van der Waals surface area (Å²) in [4.78, 5) is 22.6. The van der Waals surface area contributed by atoms with E-state index >= 15 is 0 Å². The van der Waals surface area contributed by atoms with Gasteiger partial charge in [0.25, 0.3) is 0 Å². The second kappa shape index (κ2) is 4.31. The van der Waals surface area contributed by atoms with Crippen LogP contribution in [0.5, 0.6) is 0 Å². The monoisotopic (exact) mass is 239 g/mol. The molecular formula is C9H12F3NO3. The quantitative estimate of drug-likeness (QED) is 0.745. The number of carboxylic acid groups (broad SMARTS) is 1. The van der Waals surface area contributed by atoms with Crippen molar-refractivity contribution in [2.75, 3.05) is 13.1 Å². The van der Waals surface area contributed by atoms with Crippen LogP contribution in [-0.2, 0) is 9.59 Å². The third-order valence-electron chi connectivity index (χ3n) is 2.71. The number of carbonyl (C=O) groups is 2. The molecule has 0 aromatic rings. The minimum absolute atomic E-state index is 0.142. The predicted molar refractivity (Wildman–Crippen MR) is 47.5 cm³/mol. The smallest absolute Gasteiger partial charge is 0.393 e. The number of rotatable bonds is 1. The maximum atomic E-state index is 12.5. The van der Waals surface area contributed by atoms with Crippen LogP contribution in [0.15, 0.2) is 0 Å². The van der Waals surface area contributed by atoms with Crippen molar-refractivity contribution < 1.29 is 27.9 Å². The van der Waals surface area contributed by atoms with Crippen molar-refractivity contribution in [2.45, 2.75) is 19.5 Å². The Hall–Kier alpha value is -1.27. The van der Waals surface area contributed by atoms with Gasteiger partial charge in [-0.15, -0.1) is 0 Å². The fourth-order valence-electron chi connectivity index (χ4n) is 1.77. The van der Waals surface area contributed by atoms with Crippen molar-refractivity contribution in [1.82, 2.24) is 4.90 Å². The molecule has 1 saturated heterocycles. The second-order valence-electron chi connectivity index (χ2n) is 3.93. The van der Waals surface area contributed by atoms with E-state index in [2.05, 4.69) is 0 Å². The van der Waals surface area contributed by atoms with Crippen molar-refractivity contribution in [2.24, 2.45) is 11.8 Å². The second-order valence-corrected chi connectivity index (χ2v) is 3.93. The number of aliphatic carboxylic acids is 1. The highest BCUT2D eigenvalue weighted by Crippen LogP contribution is 2.35. The largest absolute Gasteiger partial charge is 0.481 e. The third-order valence-corrected chi connectivity index (χ3v) is 2.71. The molecule has 1 amide bonds. The summed E-state index contributed by atoms with van der Waals surface area (Å²) in [5.74, 6) is -4.70. The first-order valence-corrected chi connectivity index (χ1v) is 4.77. The Balaban J connectivity index is 2.82. The summed E-state index contributed by atoms with van der Waals surface area (Å²) in [6.45, 7) is 0.553. The first-order chi connectivity index (χ1) is 7.21. The van der Waals surface area contributed by atoms with E-state index in [1.165, 1.54) is 0 Å². The lowest BCUT2D eigenvalue weighted by atomic mass is 9.88. The zero-order valence-electron chi connectivity index (χ0n) is 8.62. The Morgan fingerprint density at radius 3 is 2.25 bits per heavy atom. The summed E-state index contributed by atoms with van der Waals surface area (Å²) in [5.41, 5.74) is 0. The van der Waals surface area contributed by atoms with Crippen LogP contribution in [-0.4, -0.2) is 41.1 Å². The predicted octanol–water partition coefficient (Wildman–Crippen LogP) is 1.12. The van der Waals surface area contributed by atoms with E-state index in [9.17, 15) is 22.8 Å². The molecule has 1 heterocycles. The molecule has 16 heavy (non-hydrogen) atoms. The normalized spacial score (nSPS) is 26.6. The summed E-state index contributed by atoms with van der Waals surface area (Å²) < 4.78 is 37.5. The van der Waals surface area contributed by atoms with Gasteiger partial charge in [-0.25, -0.2) is 0 Å². The number of nitrogens with zero attached hydrogens (tertiary/aromatic N) is 1. The van der Waals surface area contributed by atoms with Crippen molar-refractivity contribution >= 4 is 11.9 Å². The molecule has 0 saturated carbocycles. The molecular weight excluding hydrogens is 227 g/mol. The molecule has 7 heteroatoms. The number of hydrogen-bond acceptors (Lipinski definition) is 2. The van der Waals surface area contributed by atoms with E-state index in [-0.39, 0.29) is 6.54 Å². The van der Waals surface area contributed by atoms with E-state index in [4.69, 9.17) is 5.11 Å².